The second-order valence-corrected chi connectivity index (χ2v) is 5.84. The lowest BCUT2D eigenvalue weighted by Crippen LogP contribution is -2.51. The fourth-order valence-electron chi connectivity index (χ4n) is 2.90. The van der Waals surface area contributed by atoms with Crippen LogP contribution >= 0.6 is 0 Å². The lowest BCUT2D eigenvalue weighted by molar-refractivity contribution is -0.151. The van der Waals surface area contributed by atoms with Crippen LogP contribution in [0.25, 0.3) is 0 Å². The molecule has 0 aliphatic heterocycles. The summed E-state index contributed by atoms with van der Waals surface area (Å²) in [6, 6.07) is 8.54. The van der Waals surface area contributed by atoms with Crippen molar-refractivity contribution in [1.29, 1.82) is 0 Å². The van der Waals surface area contributed by atoms with Crippen molar-refractivity contribution in [3.05, 3.63) is 35.4 Å². The molecule has 0 radical (unpaired) electrons. The van der Waals surface area contributed by atoms with Crippen molar-refractivity contribution in [3.63, 3.8) is 0 Å². The Morgan fingerprint density at radius 1 is 1.30 bits per heavy atom. The molecule has 1 aliphatic rings. The summed E-state index contributed by atoms with van der Waals surface area (Å²) >= 11 is 0. The predicted molar refractivity (Wildman–Crippen MR) is 80.6 cm³/mol. The molecule has 0 amide bonds. The van der Waals surface area contributed by atoms with E-state index in [9.17, 15) is 4.79 Å². The molecule has 0 heterocycles. The van der Waals surface area contributed by atoms with E-state index in [2.05, 4.69) is 12.2 Å². The summed E-state index contributed by atoms with van der Waals surface area (Å²) in [4.78, 5) is 12.5. The van der Waals surface area contributed by atoms with E-state index in [1.807, 2.05) is 38.1 Å². The molecule has 0 spiro atoms. The van der Waals surface area contributed by atoms with E-state index in [0.717, 1.165) is 18.4 Å². The number of hydrogen-bond donors (Lipinski definition) is 1. The number of ether oxygens (including phenoxy) is 1. The number of benzene rings is 1. The number of aryl methyl sites for hydroxylation is 1. The summed E-state index contributed by atoms with van der Waals surface area (Å²) in [5.41, 5.74) is 1.42. The van der Waals surface area contributed by atoms with Crippen molar-refractivity contribution in [2.75, 3.05) is 6.61 Å². The summed E-state index contributed by atoms with van der Waals surface area (Å²) in [6.07, 6.45) is 4.76. The highest BCUT2D eigenvalue weighted by molar-refractivity contribution is 5.82. The minimum absolute atomic E-state index is 0.184. The van der Waals surface area contributed by atoms with E-state index in [4.69, 9.17) is 4.74 Å². The van der Waals surface area contributed by atoms with Crippen LogP contribution in [0.4, 0.5) is 0 Å². The third-order valence-electron chi connectivity index (χ3n) is 4.16. The maximum atomic E-state index is 12.5. The molecule has 1 fully saturated rings. The van der Waals surface area contributed by atoms with Gasteiger partial charge in [0.05, 0.1) is 6.61 Å². The third kappa shape index (κ3) is 3.21. The second kappa shape index (κ2) is 6.40. The molecule has 0 bridgehead atoms. The van der Waals surface area contributed by atoms with E-state index >= 15 is 0 Å². The Morgan fingerprint density at radius 3 is 2.45 bits per heavy atom. The highest BCUT2D eigenvalue weighted by Gasteiger charge is 2.38. The standard InChI is InChI=1S/C17H25NO2/c1-4-20-16(19)17(3,18-15-7-5-6-8-15)14-11-9-13(2)10-12-14/h9-12,15,18H,4-8H2,1-3H3. The average Bonchev–Trinajstić information content (AvgIpc) is 2.92. The lowest BCUT2D eigenvalue weighted by Gasteiger charge is -2.32. The molecule has 1 atom stereocenters. The van der Waals surface area contributed by atoms with Crippen molar-refractivity contribution in [1.82, 2.24) is 5.32 Å². The number of hydrogen-bond acceptors (Lipinski definition) is 3. The first-order chi connectivity index (χ1) is 9.56. The van der Waals surface area contributed by atoms with E-state index in [0.29, 0.717) is 12.6 Å². The Balaban J connectivity index is 2.26. The molecule has 1 aromatic carbocycles. The van der Waals surface area contributed by atoms with Gasteiger partial charge in [-0.2, -0.15) is 0 Å². The first kappa shape index (κ1) is 15.0. The molecule has 3 nitrogen and oxygen atoms in total. The number of rotatable bonds is 5. The average molecular weight is 275 g/mol. The zero-order valence-corrected chi connectivity index (χ0v) is 12.7. The van der Waals surface area contributed by atoms with Crippen LogP contribution in [0.1, 0.15) is 50.7 Å². The van der Waals surface area contributed by atoms with Gasteiger partial charge in [-0.3, -0.25) is 5.32 Å². The van der Waals surface area contributed by atoms with Gasteiger partial charge >= 0.3 is 5.97 Å². The number of nitrogens with one attached hydrogen (secondary N) is 1. The normalized spacial score (nSPS) is 18.8. The van der Waals surface area contributed by atoms with Gasteiger partial charge in [0.2, 0.25) is 0 Å². The molecule has 20 heavy (non-hydrogen) atoms. The van der Waals surface area contributed by atoms with E-state index < -0.39 is 5.54 Å². The van der Waals surface area contributed by atoms with Crippen LogP contribution in [0.2, 0.25) is 0 Å². The Hall–Kier alpha value is -1.35. The first-order valence-electron chi connectivity index (χ1n) is 7.58. The van der Waals surface area contributed by atoms with E-state index in [-0.39, 0.29) is 5.97 Å². The molecular weight excluding hydrogens is 250 g/mol. The number of carbonyl (C=O) groups excluding carboxylic acids is 1. The van der Waals surface area contributed by atoms with Crippen LogP contribution in [-0.2, 0) is 15.1 Å². The number of esters is 1. The molecule has 0 saturated heterocycles. The van der Waals surface area contributed by atoms with Gasteiger partial charge in [-0.05, 0) is 39.2 Å². The van der Waals surface area contributed by atoms with Crippen LogP contribution in [-0.4, -0.2) is 18.6 Å². The minimum Gasteiger partial charge on any atom is -0.464 e. The number of carbonyl (C=O) groups is 1. The van der Waals surface area contributed by atoms with Crippen LogP contribution in [0, 0.1) is 6.92 Å². The Bertz CT molecular complexity index is 449. The molecular formula is C17H25NO2. The molecule has 1 saturated carbocycles. The highest BCUT2D eigenvalue weighted by Crippen LogP contribution is 2.28. The summed E-state index contributed by atoms with van der Waals surface area (Å²) in [7, 11) is 0. The summed E-state index contributed by atoms with van der Waals surface area (Å²) < 4.78 is 5.30. The van der Waals surface area contributed by atoms with Gasteiger partial charge in [0, 0.05) is 6.04 Å². The van der Waals surface area contributed by atoms with Crippen LogP contribution in [0.5, 0.6) is 0 Å². The SMILES string of the molecule is CCOC(=O)C(C)(NC1CCCC1)c1ccc(C)cc1. The quantitative estimate of drug-likeness (QED) is 0.838. The lowest BCUT2D eigenvalue weighted by atomic mass is 9.90. The second-order valence-electron chi connectivity index (χ2n) is 5.84. The molecule has 3 heteroatoms. The largest absolute Gasteiger partial charge is 0.464 e. The summed E-state index contributed by atoms with van der Waals surface area (Å²) in [6.45, 7) is 6.25. The van der Waals surface area contributed by atoms with Crippen LogP contribution in [0.15, 0.2) is 24.3 Å². The van der Waals surface area contributed by atoms with Gasteiger partial charge in [-0.1, -0.05) is 42.7 Å². The fraction of sp³-hybridized carbons (Fsp3) is 0.588. The van der Waals surface area contributed by atoms with Gasteiger partial charge < -0.3 is 4.74 Å². The minimum atomic E-state index is -0.751. The molecule has 1 aliphatic carbocycles. The van der Waals surface area contributed by atoms with Crippen molar-refractivity contribution >= 4 is 5.97 Å². The molecule has 1 aromatic rings. The van der Waals surface area contributed by atoms with E-state index in [1.54, 1.807) is 0 Å². The van der Waals surface area contributed by atoms with Crippen molar-refractivity contribution in [2.24, 2.45) is 0 Å². The van der Waals surface area contributed by atoms with Gasteiger partial charge in [-0.25, -0.2) is 4.79 Å². The van der Waals surface area contributed by atoms with Crippen molar-refractivity contribution in [2.45, 2.75) is 58.0 Å². The monoisotopic (exact) mass is 275 g/mol. The molecule has 1 N–H and O–H groups in total. The van der Waals surface area contributed by atoms with Gasteiger partial charge in [-0.15, -0.1) is 0 Å². The van der Waals surface area contributed by atoms with Crippen molar-refractivity contribution < 1.29 is 9.53 Å². The highest BCUT2D eigenvalue weighted by atomic mass is 16.5. The van der Waals surface area contributed by atoms with Crippen LogP contribution < -0.4 is 5.32 Å². The Labute approximate surface area is 121 Å². The van der Waals surface area contributed by atoms with E-state index in [1.165, 1.54) is 18.4 Å². The van der Waals surface area contributed by atoms with Gasteiger partial charge in [0.25, 0.3) is 0 Å². The fourth-order valence-corrected chi connectivity index (χ4v) is 2.90. The van der Waals surface area contributed by atoms with Gasteiger partial charge in [0.15, 0.2) is 0 Å². The molecule has 0 aromatic heterocycles. The van der Waals surface area contributed by atoms with Crippen molar-refractivity contribution in [3.8, 4) is 0 Å². The Kier molecular flexibility index (Phi) is 4.81. The molecule has 110 valence electrons. The molecule has 1 unspecified atom stereocenters. The maximum absolute atomic E-state index is 12.5. The predicted octanol–water partition coefficient (Wildman–Crippen LogP) is 3.31. The zero-order valence-electron chi connectivity index (χ0n) is 12.7. The topological polar surface area (TPSA) is 38.3 Å². The first-order valence-corrected chi connectivity index (χ1v) is 7.58. The molecule has 2 rings (SSSR count). The maximum Gasteiger partial charge on any atom is 0.330 e. The summed E-state index contributed by atoms with van der Waals surface area (Å²) in [5, 5.41) is 3.54. The van der Waals surface area contributed by atoms with Crippen LogP contribution in [0.3, 0.4) is 0 Å². The smallest absolute Gasteiger partial charge is 0.330 e. The van der Waals surface area contributed by atoms with Gasteiger partial charge in [0.1, 0.15) is 5.54 Å². The third-order valence-corrected chi connectivity index (χ3v) is 4.16. The Morgan fingerprint density at radius 2 is 1.90 bits per heavy atom. The summed E-state index contributed by atoms with van der Waals surface area (Å²) in [5.74, 6) is -0.184. The zero-order chi connectivity index (χ0) is 14.6.